The molecule has 178 valence electrons. The Kier molecular flexibility index (Phi) is 8.86. The Morgan fingerprint density at radius 3 is 2.26 bits per heavy atom. The quantitative estimate of drug-likeness (QED) is 0.476. The van der Waals surface area contributed by atoms with Crippen molar-refractivity contribution in [1.29, 1.82) is 0 Å². The van der Waals surface area contributed by atoms with Gasteiger partial charge in [-0.25, -0.2) is 0 Å². The molecule has 0 saturated heterocycles. The smallest absolute Gasteiger partial charge is 0.261 e. The molecule has 0 heterocycles. The molecular weight excluding hydrogens is 424 g/mol. The van der Waals surface area contributed by atoms with Gasteiger partial charge in [0.1, 0.15) is 11.8 Å². The predicted molar refractivity (Wildman–Crippen MR) is 136 cm³/mol. The Hall–Kier alpha value is -3.60. The van der Waals surface area contributed by atoms with Crippen molar-refractivity contribution in [1.82, 2.24) is 10.2 Å². The van der Waals surface area contributed by atoms with E-state index >= 15 is 0 Å². The Morgan fingerprint density at radius 1 is 0.882 bits per heavy atom. The lowest BCUT2D eigenvalue weighted by Gasteiger charge is -2.32. The molecule has 5 nitrogen and oxygen atoms in total. The van der Waals surface area contributed by atoms with Crippen LogP contribution in [0.4, 0.5) is 0 Å². The first-order valence-corrected chi connectivity index (χ1v) is 11.7. The molecule has 0 bridgehead atoms. The molecule has 34 heavy (non-hydrogen) atoms. The van der Waals surface area contributed by atoms with Gasteiger partial charge in [-0.3, -0.25) is 9.59 Å². The van der Waals surface area contributed by atoms with E-state index in [1.807, 2.05) is 100 Å². The number of carbonyl (C=O) groups excluding carboxylic acids is 2. The highest BCUT2D eigenvalue weighted by atomic mass is 16.5. The molecule has 0 spiro atoms. The number of hydrogen-bond acceptors (Lipinski definition) is 3. The molecule has 2 amide bonds. The van der Waals surface area contributed by atoms with Crippen LogP contribution in [0.15, 0.2) is 72.8 Å². The van der Waals surface area contributed by atoms with Crippen LogP contribution in [0.5, 0.6) is 5.75 Å². The summed E-state index contributed by atoms with van der Waals surface area (Å²) in [5.41, 5.74) is 5.34. The Balaban J connectivity index is 1.90. The zero-order chi connectivity index (χ0) is 24.5. The molecule has 0 aliphatic rings. The zero-order valence-corrected chi connectivity index (χ0v) is 20.5. The lowest BCUT2D eigenvalue weighted by Crippen LogP contribution is -2.51. The van der Waals surface area contributed by atoms with E-state index in [1.54, 1.807) is 4.90 Å². The van der Waals surface area contributed by atoms with Gasteiger partial charge >= 0.3 is 0 Å². The van der Waals surface area contributed by atoms with E-state index in [4.69, 9.17) is 4.74 Å². The standard InChI is InChI=1S/C29H34N2O3/c1-5-30-29(33)27(18-24-12-7-6-8-13-24)31(19-25-14-10-9-11-22(25)3)28(32)20-34-26-16-15-21(2)23(4)17-26/h6-17,27H,5,18-20H2,1-4H3,(H,30,33)/t27-/m1/s1. The van der Waals surface area contributed by atoms with Crippen LogP contribution in [-0.2, 0) is 22.6 Å². The molecule has 5 heteroatoms. The van der Waals surface area contributed by atoms with Gasteiger partial charge in [-0.05, 0) is 67.6 Å². The summed E-state index contributed by atoms with van der Waals surface area (Å²) in [6.07, 6.45) is 0.425. The van der Waals surface area contributed by atoms with Gasteiger partial charge in [0.25, 0.3) is 5.91 Å². The number of carbonyl (C=O) groups is 2. The molecule has 1 atom stereocenters. The SMILES string of the molecule is CCNC(=O)[C@@H](Cc1ccccc1)N(Cc1ccccc1C)C(=O)COc1ccc(C)c(C)c1. The molecule has 0 fully saturated rings. The second-order valence-corrected chi connectivity index (χ2v) is 8.58. The summed E-state index contributed by atoms with van der Waals surface area (Å²) in [7, 11) is 0. The highest BCUT2D eigenvalue weighted by Crippen LogP contribution is 2.19. The summed E-state index contributed by atoms with van der Waals surface area (Å²) in [5.74, 6) is 0.248. The molecule has 0 saturated carbocycles. The van der Waals surface area contributed by atoms with Crippen molar-refractivity contribution in [2.24, 2.45) is 0 Å². The van der Waals surface area contributed by atoms with E-state index in [0.29, 0.717) is 25.3 Å². The average Bonchev–Trinajstić information content (AvgIpc) is 2.83. The first kappa shape index (κ1) is 25.0. The van der Waals surface area contributed by atoms with E-state index in [9.17, 15) is 9.59 Å². The lowest BCUT2D eigenvalue weighted by atomic mass is 10.0. The Morgan fingerprint density at radius 2 is 1.59 bits per heavy atom. The normalized spacial score (nSPS) is 11.5. The number of amides is 2. The van der Waals surface area contributed by atoms with Gasteiger partial charge in [0.2, 0.25) is 5.91 Å². The Bertz CT molecular complexity index is 1110. The van der Waals surface area contributed by atoms with E-state index in [2.05, 4.69) is 5.32 Å². The maximum Gasteiger partial charge on any atom is 0.261 e. The van der Waals surface area contributed by atoms with Crippen molar-refractivity contribution >= 4 is 11.8 Å². The van der Waals surface area contributed by atoms with Crippen molar-refractivity contribution in [3.8, 4) is 5.75 Å². The number of aryl methyl sites for hydroxylation is 3. The Labute approximate surface area is 202 Å². The van der Waals surface area contributed by atoms with Gasteiger partial charge in [-0.1, -0.05) is 60.7 Å². The summed E-state index contributed by atoms with van der Waals surface area (Å²) < 4.78 is 5.87. The van der Waals surface area contributed by atoms with Crippen LogP contribution in [0.25, 0.3) is 0 Å². The monoisotopic (exact) mass is 458 g/mol. The molecule has 0 aliphatic heterocycles. The summed E-state index contributed by atoms with van der Waals surface area (Å²) >= 11 is 0. The van der Waals surface area contributed by atoms with Crippen molar-refractivity contribution in [3.05, 3.63) is 101 Å². The second kappa shape index (κ2) is 12.0. The second-order valence-electron chi connectivity index (χ2n) is 8.58. The zero-order valence-electron chi connectivity index (χ0n) is 20.5. The third kappa shape index (κ3) is 6.70. The molecule has 3 aromatic rings. The summed E-state index contributed by atoms with van der Waals surface area (Å²) in [4.78, 5) is 28.4. The summed E-state index contributed by atoms with van der Waals surface area (Å²) in [5, 5.41) is 2.92. The summed E-state index contributed by atoms with van der Waals surface area (Å²) in [6, 6.07) is 22.9. The van der Waals surface area contributed by atoms with Crippen LogP contribution in [0, 0.1) is 20.8 Å². The number of ether oxygens (including phenoxy) is 1. The molecule has 0 aliphatic carbocycles. The molecular formula is C29H34N2O3. The highest BCUT2D eigenvalue weighted by Gasteiger charge is 2.30. The van der Waals surface area contributed by atoms with Crippen LogP contribution in [0.2, 0.25) is 0 Å². The molecule has 0 aromatic heterocycles. The summed E-state index contributed by atoms with van der Waals surface area (Å²) in [6.45, 7) is 8.63. The van der Waals surface area contributed by atoms with Crippen molar-refractivity contribution in [2.45, 2.75) is 46.7 Å². The predicted octanol–water partition coefficient (Wildman–Crippen LogP) is 4.77. The van der Waals surface area contributed by atoms with Crippen molar-refractivity contribution in [3.63, 3.8) is 0 Å². The average molecular weight is 459 g/mol. The number of hydrogen-bond donors (Lipinski definition) is 1. The maximum atomic E-state index is 13.5. The minimum atomic E-state index is -0.655. The number of nitrogens with zero attached hydrogens (tertiary/aromatic N) is 1. The molecule has 0 radical (unpaired) electrons. The topological polar surface area (TPSA) is 58.6 Å². The van der Waals surface area contributed by atoms with Gasteiger partial charge in [0.15, 0.2) is 6.61 Å². The minimum Gasteiger partial charge on any atom is -0.484 e. The van der Waals surface area contributed by atoms with Crippen LogP contribution >= 0.6 is 0 Å². The largest absolute Gasteiger partial charge is 0.484 e. The van der Waals surface area contributed by atoms with E-state index in [1.165, 1.54) is 5.56 Å². The first-order valence-electron chi connectivity index (χ1n) is 11.7. The number of rotatable bonds is 10. The van der Waals surface area contributed by atoms with Gasteiger partial charge in [-0.15, -0.1) is 0 Å². The third-order valence-electron chi connectivity index (χ3n) is 6.06. The molecule has 3 aromatic carbocycles. The van der Waals surface area contributed by atoms with Crippen molar-refractivity contribution in [2.75, 3.05) is 13.2 Å². The fourth-order valence-electron chi connectivity index (χ4n) is 3.85. The van der Waals surface area contributed by atoms with Crippen LogP contribution < -0.4 is 10.1 Å². The van der Waals surface area contributed by atoms with Gasteiger partial charge < -0.3 is 15.0 Å². The fraction of sp³-hybridized carbons (Fsp3) is 0.310. The van der Waals surface area contributed by atoms with Crippen LogP contribution in [0.1, 0.15) is 34.7 Å². The minimum absolute atomic E-state index is 0.140. The lowest BCUT2D eigenvalue weighted by molar-refractivity contribution is -0.142. The van der Waals surface area contributed by atoms with Gasteiger partial charge in [0, 0.05) is 19.5 Å². The fourth-order valence-corrected chi connectivity index (χ4v) is 3.85. The highest BCUT2D eigenvalue weighted by molar-refractivity contribution is 5.88. The first-order chi connectivity index (χ1) is 16.4. The van der Waals surface area contributed by atoms with E-state index in [0.717, 1.165) is 22.3 Å². The molecule has 1 N–H and O–H groups in total. The van der Waals surface area contributed by atoms with Crippen LogP contribution in [-0.4, -0.2) is 35.9 Å². The molecule has 3 rings (SSSR count). The number of benzene rings is 3. The third-order valence-corrected chi connectivity index (χ3v) is 6.06. The number of nitrogens with one attached hydrogen (secondary N) is 1. The van der Waals surface area contributed by atoms with E-state index in [-0.39, 0.29) is 18.4 Å². The van der Waals surface area contributed by atoms with Crippen molar-refractivity contribution < 1.29 is 14.3 Å². The van der Waals surface area contributed by atoms with Gasteiger partial charge in [0.05, 0.1) is 0 Å². The van der Waals surface area contributed by atoms with Crippen LogP contribution in [0.3, 0.4) is 0 Å². The number of likely N-dealkylation sites (N-methyl/N-ethyl adjacent to an activating group) is 1. The van der Waals surface area contributed by atoms with Gasteiger partial charge in [-0.2, -0.15) is 0 Å². The molecule has 0 unspecified atom stereocenters. The maximum absolute atomic E-state index is 13.5. The van der Waals surface area contributed by atoms with E-state index < -0.39 is 6.04 Å².